The molecule has 4 aliphatic heterocycles. The van der Waals surface area contributed by atoms with Crippen molar-refractivity contribution in [2.75, 3.05) is 38.5 Å². The third-order valence-electron chi connectivity index (χ3n) is 15.6. The molecule has 0 bridgehead atoms. The number of nitrogens with zero attached hydrogens (tertiary/aromatic N) is 4. The lowest BCUT2D eigenvalue weighted by Gasteiger charge is -2.34. The molecule has 4 aromatic carbocycles. The Hall–Kier alpha value is -2.95. The Kier molecular flexibility index (Phi) is 23.9. The van der Waals surface area contributed by atoms with Crippen molar-refractivity contribution >= 4 is 87.8 Å². The number of aryl methyl sites for hydroxylation is 2. The molecule has 4 saturated heterocycles. The van der Waals surface area contributed by atoms with Gasteiger partial charge in [-0.2, -0.15) is 0 Å². The third kappa shape index (κ3) is 18.0. The molecule has 8 atom stereocenters. The largest absolute Gasteiger partial charge is 0.338 e. The van der Waals surface area contributed by atoms with Crippen LogP contribution in [-0.2, 0) is 41.3 Å². The lowest BCUT2D eigenvalue weighted by Crippen LogP contribution is -2.50. The highest BCUT2D eigenvalue weighted by Gasteiger charge is 2.46. The van der Waals surface area contributed by atoms with Gasteiger partial charge >= 0.3 is 0 Å². The van der Waals surface area contributed by atoms with E-state index in [2.05, 4.69) is 111 Å². The van der Waals surface area contributed by atoms with Crippen LogP contribution in [0.3, 0.4) is 0 Å². The maximum Gasteiger partial charge on any atom is 0.261 e. The molecule has 0 aliphatic carbocycles. The van der Waals surface area contributed by atoms with Crippen molar-refractivity contribution in [2.24, 2.45) is 29.4 Å². The van der Waals surface area contributed by atoms with Gasteiger partial charge in [0.25, 0.3) is 9.05 Å². The topological polar surface area (TPSA) is 141 Å². The van der Waals surface area contributed by atoms with E-state index in [0.29, 0.717) is 71.2 Å². The molecule has 2 N–H and O–H groups in total. The normalized spacial score (nSPS) is 23.1. The first-order chi connectivity index (χ1) is 36.4. The summed E-state index contributed by atoms with van der Waals surface area (Å²) in [5, 5.41) is 1.01. The first-order valence-electron chi connectivity index (χ1n) is 27.4. The minimum atomic E-state index is -3.71. The lowest BCUT2D eigenvalue weighted by molar-refractivity contribution is -0.138. The zero-order valence-electron chi connectivity index (χ0n) is 45.6. The maximum atomic E-state index is 14.0. The van der Waals surface area contributed by atoms with Crippen molar-refractivity contribution in [1.29, 1.82) is 0 Å². The maximum absolute atomic E-state index is 14.0. The highest BCUT2D eigenvalue weighted by atomic mass is 35.7. The molecule has 2 amide bonds. The van der Waals surface area contributed by atoms with Gasteiger partial charge in [0, 0.05) is 67.6 Å². The molecule has 4 aromatic rings. The van der Waals surface area contributed by atoms with E-state index in [1.54, 1.807) is 0 Å². The van der Waals surface area contributed by atoms with Crippen LogP contribution in [0.2, 0.25) is 20.1 Å². The highest BCUT2D eigenvalue weighted by Crippen LogP contribution is 2.36. The Bertz CT molecular complexity index is 2780. The quantitative estimate of drug-likeness (QED) is 0.0964. The van der Waals surface area contributed by atoms with Crippen LogP contribution >= 0.6 is 57.1 Å². The third-order valence-corrected chi connectivity index (χ3v) is 20.2. The lowest BCUT2D eigenvalue weighted by atomic mass is 9.98. The molecule has 2 unspecified atom stereocenters. The average molecular weight is 1200 g/mol. The minimum Gasteiger partial charge on any atom is -0.338 e. The number of fused-ring (bicyclic) bond motifs is 2. The van der Waals surface area contributed by atoms with Crippen LogP contribution in [0.4, 0.5) is 0 Å². The first kappa shape index (κ1) is 63.2. The first-order valence-corrected chi connectivity index (χ1v) is 32.9. The molecule has 11 nitrogen and oxygen atoms in total. The van der Waals surface area contributed by atoms with Crippen LogP contribution in [0.1, 0.15) is 110 Å². The Balaban J connectivity index is 0.000000213. The van der Waals surface area contributed by atoms with E-state index in [4.69, 9.17) is 62.8 Å². The van der Waals surface area contributed by atoms with Crippen LogP contribution < -0.4 is 5.73 Å². The van der Waals surface area contributed by atoms with Gasteiger partial charge in [-0.3, -0.25) is 19.4 Å². The van der Waals surface area contributed by atoms with Crippen LogP contribution in [-0.4, -0.2) is 123 Å². The predicted octanol–water partition coefficient (Wildman–Crippen LogP) is 12.7. The minimum absolute atomic E-state index is 0.0334. The van der Waals surface area contributed by atoms with Crippen molar-refractivity contribution in [3.05, 3.63) is 128 Å². The number of amides is 2. The van der Waals surface area contributed by atoms with E-state index in [9.17, 15) is 26.4 Å². The molecular weight excluding hydrogens is 1120 g/mol. The second-order valence-electron chi connectivity index (χ2n) is 22.6. The summed E-state index contributed by atoms with van der Waals surface area (Å²) in [6.45, 7) is 17.3. The van der Waals surface area contributed by atoms with E-state index < -0.39 is 18.9 Å². The summed E-state index contributed by atoms with van der Waals surface area (Å²) in [6, 6.07) is 30.4. The number of carbonyl (C=O) groups is 2. The van der Waals surface area contributed by atoms with Crippen LogP contribution in [0.5, 0.6) is 0 Å². The van der Waals surface area contributed by atoms with Crippen LogP contribution in [0, 0.1) is 23.7 Å². The highest BCUT2D eigenvalue weighted by molar-refractivity contribution is 8.13. The Morgan fingerprint density at radius 3 is 1.42 bits per heavy atom. The van der Waals surface area contributed by atoms with Crippen molar-refractivity contribution in [1.82, 2.24) is 19.6 Å². The summed E-state index contributed by atoms with van der Waals surface area (Å²) in [4.78, 5) is 36.7. The number of nitrogens with two attached hydrogens (primary N) is 1. The van der Waals surface area contributed by atoms with Gasteiger partial charge in [-0.25, -0.2) is 16.8 Å². The summed E-state index contributed by atoms with van der Waals surface area (Å²) >= 11 is 23.2. The van der Waals surface area contributed by atoms with Gasteiger partial charge < -0.3 is 15.5 Å². The Morgan fingerprint density at radius 2 is 1.00 bits per heavy atom. The number of carbonyl (C=O) groups excluding carboxylic acids is 2. The van der Waals surface area contributed by atoms with E-state index in [0.717, 1.165) is 83.8 Å². The molecule has 0 saturated carbocycles. The molecular formula is C59H80Cl5N5O6S2. The fraction of sp³-hybridized carbons (Fsp3) is 0.559. The molecule has 4 heterocycles. The molecule has 0 aromatic heterocycles. The molecule has 77 heavy (non-hydrogen) atoms. The number of benzene rings is 4. The fourth-order valence-electron chi connectivity index (χ4n) is 11.8. The monoisotopic (exact) mass is 1190 g/mol. The van der Waals surface area contributed by atoms with Gasteiger partial charge in [0.1, 0.15) is 0 Å². The average Bonchev–Trinajstić information content (AvgIpc) is 3.93. The molecule has 0 radical (unpaired) electrons. The second kappa shape index (κ2) is 29.2. The van der Waals surface area contributed by atoms with E-state index in [1.165, 1.54) is 47.5 Å². The van der Waals surface area contributed by atoms with Crippen molar-refractivity contribution < 1.29 is 26.4 Å². The zero-order valence-corrected chi connectivity index (χ0v) is 51.0. The molecule has 4 aliphatic rings. The number of halogens is 5. The SMILES string of the molecule is CC(C)C[C@H](CCS(=O)(=O)c1ccc(Cl)c(Cl)c1)N1CCC(CCc2ccccc2)N2C[C@H](C)C[C@H]2C1=O.CC(C)C[C@H](CN)N1CCC(CCc2ccccc2)N2C[C@H](C)C[C@H]2C1=O.O=S(=O)(Cl)c1ccc(Cl)c(Cl)c1. The zero-order chi connectivity index (χ0) is 56.2. The van der Waals surface area contributed by atoms with E-state index in [1.807, 2.05) is 11.0 Å². The van der Waals surface area contributed by atoms with Crippen molar-refractivity contribution in [2.45, 2.75) is 158 Å². The molecule has 424 valence electrons. The van der Waals surface area contributed by atoms with Gasteiger partial charge in [0.05, 0.1) is 47.7 Å². The van der Waals surface area contributed by atoms with E-state index >= 15 is 0 Å². The van der Waals surface area contributed by atoms with Gasteiger partial charge in [-0.05, 0) is 142 Å². The Morgan fingerprint density at radius 1 is 0.584 bits per heavy atom. The molecule has 0 spiro atoms. The smallest absolute Gasteiger partial charge is 0.261 e. The van der Waals surface area contributed by atoms with Crippen LogP contribution in [0.25, 0.3) is 0 Å². The number of hydrogen-bond donors (Lipinski definition) is 1. The Labute approximate surface area is 484 Å². The second-order valence-corrected chi connectivity index (χ2v) is 28.9. The van der Waals surface area contributed by atoms with Crippen molar-refractivity contribution in [3.8, 4) is 0 Å². The van der Waals surface area contributed by atoms with Gasteiger partial charge in [0.15, 0.2) is 9.84 Å². The summed E-state index contributed by atoms with van der Waals surface area (Å²) in [5.41, 5.74) is 8.82. The van der Waals surface area contributed by atoms with Gasteiger partial charge in [-0.15, -0.1) is 0 Å². The summed E-state index contributed by atoms with van der Waals surface area (Å²) in [7, 11) is -2.22. The van der Waals surface area contributed by atoms with Crippen molar-refractivity contribution in [3.63, 3.8) is 0 Å². The summed E-state index contributed by atoms with van der Waals surface area (Å²) < 4.78 is 47.9. The number of rotatable bonds is 18. The van der Waals surface area contributed by atoms with Gasteiger partial charge in [0.2, 0.25) is 11.8 Å². The molecule has 18 heteroatoms. The predicted molar refractivity (Wildman–Crippen MR) is 316 cm³/mol. The standard InChI is InChI=1S/C30H40Cl2N2O3S.C23H37N3O.C6H3Cl3O2S/c1-21(2)17-25(14-16-38(36,37)26-11-12-27(31)28(32)19-26)33-15-13-24(10-9-23-7-5-4-6-8-23)34-20-22(3)18-29(34)30(33)35;1-17(2)13-21(15-24)25-12-11-20(10-9-19-7-5-4-6-8-19)26-16-18(3)14-22(26)23(25)27;7-5-2-1-4(3-6(5)8)12(9,10)11/h4-8,11-12,19,21-22,24-25,29H,9-10,13-18,20H2,1-3H3;4-8,17-18,20-22H,9-16,24H2,1-3H3;1-3H/t22-,24?,25+,29+;18-,20?,21-,22+;/m11./s1. The summed E-state index contributed by atoms with van der Waals surface area (Å²) in [6.07, 6.45) is 10.3. The molecule has 8 rings (SSSR count). The number of sulfone groups is 1. The number of hydrogen-bond acceptors (Lipinski definition) is 9. The van der Waals surface area contributed by atoms with E-state index in [-0.39, 0.29) is 55.7 Å². The van der Waals surface area contributed by atoms with Crippen LogP contribution in [0.15, 0.2) is 107 Å². The molecule has 4 fully saturated rings. The summed E-state index contributed by atoms with van der Waals surface area (Å²) in [5.74, 6) is 2.44. The fourth-order valence-corrected chi connectivity index (χ4v) is 14.7. The van der Waals surface area contributed by atoms with Gasteiger partial charge in [-0.1, -0.05) is 149 Å².